The van der Waals surface area contributed by atoms with Crippen molar-refractivity contribution in [3.8, 4) is 0 Å². The number of hydrogen-bond donors (Lipinski definition) is 0. The summed E-state index contributed by atoms with van der Waals surface area (Å²) in [6.45, 7) is 0. The fourth-order valence-corrected chi connectivity index (χ4v) is 0. The first kappa shape index (κ1) is 5.43. The summed E-state index contributed by atoms with van der Waals surface area (Å²) >= 11 is -1.77. The Bertz CT molecular complexity index is 8.00. The molecule has 0 nitrogen and oxygen atoms in total. The molecule has 0 spiro atoms. The molecule has 0 radical (unpaired) electrons. The molecular formula is AsCl3. The van der Waals surface area contributed by atoms with E-state index in [9.17, 15) is 0 Å². The van der Waals surface area contributed by atoms with Crippen molar-refractivity contribution in [2.75, 3.05) is 0 Å². The Morgan fingerprint density at radius 1 is 1.00 bits per heavy atom. The number of rotatable bonds is 0. The summed E-state index contributed by atoms with van der Waals surface area (Å²) in [6, 6.07) is 0. The number of halogens is 3. The molecule has 0 N–H and O–H groups in total. The first-order chi connectivity index (χ1) is 1.73. The van der Waals surface area contributed by atoms with Gasteiger partial charge in [0.05, 0.1) is 0 Å². The molecule has 0 aliphatic rings. The molecule has 0 rings (SSSR count). The Morgan fingerprint density at radius 3 is 1.00 bits per heavy atom. The number of hydrogen-bond acceptors (Lipinski definition) is 0. The first-order valence-electron chi connectivity index (χ1n) is 0.507. The van der Waals surface area contributed by atoms with E-state index in [-0.39, 0.29) is 0 Å². The van der Waals surface area contributed by atoms with Gasteiger partial charge in [-0.3, -0.25) is 0 Å². The van der Waals surface area contributed by atoms with Crippen molar-refractivity contribution in [2.45, 2.75) is 0 Å². The van der Waals surface area contributed by atoms with Crippen LogP contribution in [-0.4, -0.2) is 11.8 Å². The van der Waals surface area contributed by atoms with Gasteiger partial charge in [0.1, 0.15) is 0 Å². The molecule has 0 aromatic heterocycles. The maximum atomic E-state index is 4.95. The normalized spacial score (nSPS) is 9.00. The Labute approximate surface area is 41.8 Å². The topological polar surface area (TPSA) is 0 Å². The SMILES string of the molecule is Cl[As](Cl)Cl. The van der Waals surface area contributed by atoms with Crippen LogP contribution in [0.15, 0.2) is 0 Å². The molecule has 0 aromatic carbocycles. The second-order valence-corrected chi connectivity index (χ2v) is 8.96. The van der Waals surface area contributed by atoms with Gasteiger partial charge in [0, 0.05) is 0 Å². The molecule has 0 bridgehead atoms. The van der Waals surface area contributed by atoms with E-state index in [1.165, 1.54) is 0 Å². The Kier molecular flexibility index (Phi) is 3.60. The van der Waals surface area contributed by atoms with Crippen molar-refractivity contribution >= 4 is 41.7 Å². The predicted octanol–water partition coefficient (Wildman–Crippen LogP) is 1.69. The van der Waals surface area contributed by atoms with E-state index in [2.05, 4.69) is 0 Å². The summed E-state index contributed by atoms with van der Waals surface area (Å²) in [7, 11) is 14.9. The molecule has 4 heavy (non-hydrogen) atoms. The summed E-state index contributed by atoms with van der Waals surface area (Å²) in [5.41, 5.74) is 0. The van der Waals surface area contributed by atoms with Crippen molar-refractivity contribution in [3.63, 3.8) is 0 Å². The van der Waals surface area contributed by atoms with Crippen LogP contribution < -0.4 is 0 Å². The van der Waals surface area contributed by atoms with E-state index >= 15 is 0 Å². The van der Waals surface area contributed by atoms with Crippen LogP contribution in [0.1, 0.15) is 0 Å². The monoisotopic (exact) mass is 180 g/mol. The van der Waals surface area contributed by atoms with E-state index in [4.69, 9.17) is 29.8 Å². The van der Waals surface area contributed by atoms with Gasteiger partial charge in [-0.15, -0.1) is 0 Å². The van der Waals surface area contributed by atoms with Crippen molar-refractivity contribution in [1.29, 1.82) is 0 Å². The molecule has 0 amide bonds. The van der Waals surface area contributed by atoms with E-state index in [0.717, 1.165) is 0 Å². The van der Waals surface area contributed by atoms with Gasteiger partial charge in [0.15, 0.2) is 0 Å². The molecule has 0 saturated heterocycles. The van der Waals surface area contributed by atoms with E-state index in [1.54, 1.807) is 0 Å². The minimum absolute atomic E-state index is 1.77. The molecule has 4 heteroatoms. The third kappa shape index (κ3) is 9.91. The van der Waals surface area contributed by atoms with Gasteiger partial charge < -0.3 is 0 Å². The van der Waals surface area contributed by atoms with Gasteiger partial charge in [-0.05, 0) is 0 Å². The molecule has 26 valence electrons. The molecule has 0 aliphatic heterocycles. The zero-order valence-electron chi connectivity index (χ0n) is 1.58. The molecule has 0 fully saturated rings. The van der Waals surface area contributed by atoms with Crippen LogP contribution in [0, 0.1) is 0 Å². The molecule has 0 heterocycles. The summed E-state index contributed by atoms with van der Waals surface area (Å²) < 4.78 is 0. The fourth-order valence-electron chi connectivity index (χ4n) is 0. The zero-order chi connectivity index (χ0) is 3.58. The third-order valence-corrected chi connectivity index (χ3v) is 0. The van der Waals surface area contributed by atoms with Crippen molar-refractivity contribution in [1.82, 2.24) is 0 Å². The van der Waals surface area contributed by atoms with Crippen molar-refractivity contribution in [2.24, 2.45) is 0 Å². The van der Waals surface area contributed by atoms with Gasteiger partial charge in [-0.2, -0.15) is 0 Å². The van der Waals surface area contributed by atoms with Crippen LogP contribution in [0.2, 0.25) is 0 Å². The van der Waals surface area contributed by atoms with Crippen LogP contribution >= 0.6 is 29.8 Å². The average Bonchev–Trinajstić information content (AvgIpc) is 0.811. The van der Waals surface area contributed by atoms with Crippen LogP contribution in [0.25, 0.3) is 0 Å². The molecular weight excluding hydrogens is 181 g/mol. The Hall–Kier alpha value is 1.43. The third-order valence-electron chi connectivity index (χ3n) is 0. The van der Waals surface area contributed by atoms with Crippen LogP contribution in [0.5, 0.6) is 0 Å². The van der Waals surface area contributed by atoms with E-state index in [1.807, 2.05) is 0 Å². The fraction of sp³-hybridized carbons (Fsp3) is 0. The summed E-state index contributed by atoms with van der Waals surface area (Å²) in [5.74, 6) is 0. The van der Waals surface area contributed by atoms with E-state index < -0.39 is 11.8 Å². The second-order valence-electron chi connectivity index (χ2n) is 0.192. The van der Waals surface area contributed by atoms with Gasteiger partial charge in [-0.1, -0.05) is 0 Å². The maximum absolute atomic E-state index is 4.95. The summed E-state index contributed by atoms with van der Waals surface area (Å²) in [6.07, 6.45) is 0. The second kappa shape index (κ2) is 2.65. The van der Waals surface area contributed by atoms with E-state index in [0.29, 0.717) is 0 Å². The van der Waals surface area contributed by atoms with Crippen molar-refractivity contribution in [3.05, 3.63) is 0 Å². The molecule has 0 atom stereocenters. The van der Waals surface area contributed by atoms with Crippen molar-refractivity contribution < 1.29 is 0 Å². The summed E-state index contributed by atoms with van der Waals surface area (Å²) in [5, 5.41) is 0. The standard InChI is InChI=1S/AsCl3/c2-1(3)4. The molecule has 0 saturated carbocycles. The zero-order valence-corrected chi connectivity index (χ0v) is 5.73. The van der Waals surface area contributed by atoms with Gasteiger partial charge in [0.2, 0.25) is 0 Å². The minimum atomic E-state index is -1.77. The first-order valence-corrected chi connectivity index (χ1v) is 7.90. The Balaban J connectivity index is 2.32. The van der Waals surface area contributed by atoms with Gasteiger partial charge >= 0.3 is 41.7 Å². The predicted molar refractivity (Wildman–Crippen MR) is 23.3 cm³/mol. The molecule has 0 aliphatic carbocycles. The van der Waals surface area contributed by atoms with Gasteiger partial charge in [0.25, 0.3) is 0 Å². The van der Waals surface area contributed by atoms with Crippen LogP contribution in [0.3, 0.4) is 0 Å². The Morgan fingerprint density at radius 2 is 1.00 bits per heavy atom. The quantitative estimate of drug-likeness (QED) is 0.499. The molecule has 0 unspecified atom stereocenters. The summed E-state index contributed by atoms with van der Waals surface area (Å²) in [4.78, 5) is 0. The van der Waals surface area contributed by atoms with Crippen LogP contribution in [0.4, 0.5) is 0 Å². The molecule has 0 aromatic rings. The van der Waals surface area contributed by atoms with Crippen LogP contribution in [-0.2, 0) is 0 Å². The van der Waals surface area contributed by atoms with Gasteiger partial charge in [-0.25, -0.2) is 0 Å². The average molecular weight is 181 g/mol.